The molecule has 1 amide bonds. The molecule has 2 saturated heterocycles. The molecule has 0 N–H and O–H groups in total. The van der Waals surface area contributed by atoms with Gasteiger partial charge in [0.2, 0.25) is 5.72 Å². The molecule has 0 bridgehead atoms. The number of nitrogens with zero attached hydrogens (tertiary/aromatic N) is 4. The number of piperidine rings is 1. The maximum absolute atomic E-state index is 12.6. The van der Waals surface area contributed by atoms with E-state index in [-0.39, 0.29) is 12.0 Å². The summed E-state index contributed by atoms with van der Waals surface area (Å²) in [6.45, 7) is 8.87. The Kier molecular flexibility index (Phi) is 4.43. The SMILES string of the molecule is CC(C)(C)OC(=O)N1CCC2(N3CCCC3)ON=C(c3cscn3)C2C1. The van der Waals surface area contributed by atoms with Crippen LogP contribution in [-0.2, 0) is 9.57 Å². The van der Waals surface area contributed by atoms with Gasteiger partial charge < -0.3 is 14.5 Å². The number of oxime groups is 1. The summed E-state index contributed by atoms with van der Waals surface area (Å²) >= 11 is 1.55. The number of ether oxygens (including phenoxy) is 1. The molecule has 142 valence electrons. The molecule has 2 unspecified atom stereocenters. The first-order valence-electron chi connectivity index (χ1n) is 9.27. The number of thiazole rings is 1. The smallest absolute Gasteiger partial charge is 0.410 e. The molecule has 8 heteroatoms. The van der Waals surface area contributed by atoms with Gasteiger partial charge in [-0.2, -0.15) is 0 Å². The Morgan fingerprint density at radius 1 is 1.35 bits per heavy atom. The topological polar surface area (TPSA) is 67.3 Å². The van der Waals surface area contributed by atoms with E-state index >= 15 is 0 Å². The zero-order chi connectivity index (χ0) is 18.4. The minimum Gasteiger partial charge on any atom is -0.444 e. The van der Waals surface area contributed by atoms with Crippen LogP contribution in [0.2, 0.25) is 0 Å². The Bertz CT molecular complexity index is 694. The van der Waals surface area contributed by atoms with E-state index in [1.165, 1.54) is 12.8 Å². The zero-order valence-electron chi connectivity index (χ0n) is 15.6. The van der Waals surface area contributed by atoms with Crippen molar-refractivity contribution in [1.29, 1.82) is 0 Å². The lowest BCUT2D eigenvalue weighted by Crippen LogP contribution is -2.62. The number of amides is 1. The Balaban J connectivity index is 1.60. The van der Waals surface area contributed by atoms with Crippen molar-refractivity contribution in [3.8, 4) is 0 Å². The Hall–Kier alpha value is -1.67. The average Bonchev–Trinajstić information content (AvgIpc) is 3.32. The lowest BCUT2D eigenvalue weighted by Gasteiger charge is -2.46. The molecular weight excluding hydrogens is 352 g/mol. The van der Waals surface area contributed by atoms with Gasteiger partial charge in [-0.15, -0.1) is 11.3 Å². The zero-order valence-corrected chi connectivity index (χ0v) is 16.4. The number of rotatable bonds is 2. The van der Waals surface area contributed by atoms with Gasteiger partial charge >= 0.3 is 6.09 Å². The number of carbonyl (C=O) groups is 1. The summed E-state index contributed by atoms with van der Waals surface area (Å²) < 4.78 is 5.59. The maximum Gasteiger partial charge on any atom is 0.410 e. The third-order valence-electron chi connectivity index (χ3n) is 5.31. The molecular formula is C18H26N4O3S. The van der Waals surface area contributed by atoms with E-state index in [1.807, 2.05) is 31.7 Å². The molecule has 0 aliphatic carbocycles. The molecule has 1 aromatic rings. The van der Waals surface area contributed by atoms with Crippen LogP contribution in [0.15, 0.2) is 16.0 Å². The predicted octanol–water partition coefficient (Wildman–Crippen LogP) is 2.93. The van der Waals surface area contributed by atoms with Crippen LogP contribution in [0.3, 0.4) is 0 Å². The van der Waals surface area contributed by atoms with Crippen LogP contribution in [0.5, 0.6) is 0 Å². The van der Waals surface area contributed by atoms with Crippen LogP contribution in [0.4, 0.5) is 4.79 Å². The molecule has 3 aliphatic rings. The highest BCUT2D eigenvalue weighted by Crippen LogP contribution is 2.43. The van der Waals surface area contributed by atoms with E-state index in [0.717, 1.165) is 30.9 Å². The van der Waals surface area contributed by atoms with Crippen LogP contribution in [0.1, 0.15) is 45.7 Å². The number of likely N-dealkylation sites (tertiary alicyclic amines) is 2. The highest BCUT2D eigenvalue weighted by Gasteiger charge is 2.57. The molecule has 0 spiro atoms. The number of carbonyl (C=O) groups excluding carboxylic acids is 1. The third kappa shape index (κ3) is 3.09. The molecule has 2 atom stereocenters. The van der Waals surface area contributed by atoms with Gasteiger partial charge in [-0.05, 0) is 33.6 Å². The van der Waals surface area contributed by atoms with Crippen molar-refractivity contribution < 1.29 is 14.4 Å². The molecule has 1 aromatic heterocycles. The first kappa shape index (κ1) is 17.7. The fourth-order valence-corrected chi connectivity index (χ4v) is 4.66. The van der Waals surface area contributed by atoms with Crippen LogP contribution in [0, 0.1) is 5.92 Å². The van der Waals surface area contributed by atoms with Crippen molar-refractivity contribution in [1.82, 2.24) is 14.8 Å². The van der Waals surface area contributed by atoms with Crippen molar-refractivity contribution >= 4 is 23.1 Å². The highest BCUT2D eigenvalue weighted by atomic mass is 32.1. The van der Waals surface area contributed by atoms with E-state index in [2.05, 4.69) is 15.0 Å². The van der Waals surface area contributed by atoms with E-state index < -0.39 is 11.3 Å². The fourth-order valence-electron chi connectivity index (χ4n) is 4.11. The molecule has 26 heavy (non-hydrogen) atoms. The van der Waals surface area contributed by atoms with Gasteiger partial charge in [0, 0.05) is 38.0 Å². The molecule has 0 radical (unpaired) electrons. The van der Waals surface area contributed by atoms with Crippen molar-refractivity contribution in [2.24, 2.45) is 11.1 Å². The van der Waals surface area contributed by atoms with E-state index in [0.29, 0.717) is 13.1 Å². The monoisotopic (exact) mass is 378 g/mol. The summed E-state index contributed by atoms with van der Waals surface area (Å²) in [4.78, 5) is 27.3. The van der Waals surface area contributed by atoms with Crippen LogP contribution < -0.4 is 0 Å². The largest absolute Gasteiger partial charge is 0.444 e. The first-order chi connectivity index (χ1) is 12.4. The summed E-state index contributed by atoms with van der Waals surface area (Å²) in [7, 11) is 0. The summed E-state index contributed by atoms with van der Waals surface area (Å²) in [5, 5.41) is 6.44. The summed E-state index contributed by atoms with van der Waals surface area (Å²) in [5.41, 5.74) is 2.56. The molecule has 0 saturated carbocycles. The van der Waals surface area contributed by atoms with E-state index in [4.69, 9.17) is 9.57 Å². The Labute approximate surface area is 158 Å². The van der Waals surface area contributed by atoms with Gasteiger partial charge in [-0.1, -0.05) is 5.16 Å². The highest BCUT2D eigenvalue weighted by molar-refractivity contribution is 7.07. The van der Waals surface area contributed by atoms with Gasteiger partial charge in [-0.25, -0.2) is 9.78 Å². The normalized spacial score (nSPS) is 29.3. The summed E-state index contributed by atoms with van der Waals surface area (Å²) in [5.74, 6) is -0.0102. The van der Waals surface area contributed by atoms with Gasteiger partial charge in [-0.3, -0.25) is 4.90 Å². The van der Waals surface area contributed by atoms with E-state index in [1.54, 1.807) is 16.2 Å². The molecule has 0 aromatic carbocycles. The van der Waals surface area contributed by atoms with Crippen LogP contribution in [0.25, 0.3) is 0 Å². The van der Waals surface area contributed by atoms with Gasteiger partial charge in [0.25, 0.3) is 0 Å². The predicted molar refractivity (Wildman–Crippen MR) is 99.2 cm³/mol. The number of aromatic nitrogens is 1. The molecule has 3 aliphatic heterocycles. The summed E-state index contributed by atoms with van der Waals surface area (Å²) in [6.07, 6.45) is 2.82. The molecule has 2 fully saturated rings. The lowest BCUT2D eigenvalue weighted by molar-refractivity contribution is -0.175. The number of hydrogen-bond donors (Lipinski definition) is 0. The van der Waals surface area contributed by atoms with Gasteiger partial charge in [0.1, 0.15) is 11.3 Å². The standard InChI is InChI=1S/C18H26N4O3S/c1-17(2,3)24-16(23)21-9-6-18(22-7-4-5-8-22)13(10-21)15(20-25-18)14-11-26-12-19-14/h11-13H,4-10H2,1-3H3. The van der Waals surface area contributed by atoms with Gasteiger partial charge in [0.05, 0.1) is 17.1 Å². The van der Waals surface area contributed by atoms with Gasteiger partial charge in [0.15, 0.2) is 0 Å². The minimum atomic E-state index is -0.501. The first-order valence-corrected chi connectivity index (χ1v) is 10.2. The maximum atomic E-state index is 12.6. The molecule has 4 rings (SSSR count). The Morgan fingerprint density at radius 2 is 2.12 bits per heavy atom. The second-order valence-electron chi connectivity index (χ2n) is 8.21. The van der Waals surface area contributed by atoms with E-state index in [9.17, 15) is 4.79 Å². The quantitative estimate of drug-likeness (QED) is 0.792. The van der Waals surface area contributed by atoms with Crippen LogP contribution >= 0.6 is 11.3 Å². The molecule has 4 heterocycles. The average molecular weight is 378 g/mol. The summed E-state index contributed by atoms with van der Waals surface area (Å²) in [6, 6.07) is 0. The molecule has 7 nitrogen and oxygen atoms in total. The number of hydrogen-bond acceptors (Lipinski definition) is 7. The van der Waals surface area contributed by atoms with Crippen molar-refractivity contribution in [2.45, 2.75) is 51.4 Å². The fraction of sp³-hybridized carbons (Fsp3) is 0.722. The Morgan fingerprint density at radius 3 is 2.77 bits per heavy atom. The minimum absolute atomic E-state index is 0.0102. The van der Waals surface area contributed by atoms with Crippen LogP contribution in [-0.4, -0.2) is 64.1 Å². The second-order valence-corrected chi connectivity index (χ2v) is 8.93. The van der Waals surface area contributed by atoms with Crippen molar-refractivity contribution in [2.75, 3.05) is 26.2 Å². The second kappa shape index (κ2) is 6.49. The lowest BCUT2D eigenvalue weighted by atomic mass is 9.83. The third-order valence-corrected chi connectivity index (χ3v) is 5.89. The number of fused-ring (bicyclic) bond motifs is 1. The van der Waals surface area contributed by atoms with Crippen molar-refractivity contribution in [3.63, 3.8) is 0 Å². The van der Waals surface area contributed by atoms with Crippen molar-refractivity contribution in [3.05, 3.63) is 16.6 Å².